The van der Waals surface area contributed by atoms with E-state index in [1.807, 2.05) is 0 Å². The lowest BCUT2D eigenvalue weighted by molar-refractivity contribution is -0.158. The van der Waals surface area contributed by atoms with Crippen molar-refractivity contribution in [1.29, 1.82) is 0 Å². The van der Waals surface area contributed by atoms with Gasteiger partial charge in [0.1, 0.15) is 0 Å². The number of carboxylic acids is 2. The van der Waals surface area contributed by atoms with Crippen LogP contribution >= 0.6 is 0 Å². The van der Waals surface area contributed by atoms with Gasteiger partial charge in [-0.05, 0) is 201 Å². The smallest absolute Gasteiger partial charge is 0.308 e. The van der Waals surface area contributed by atoms with Gasteiger partial charge in [0, 0.05) is 12.1 Å². The van der Waals surface area contributed by atoms with Gasteiger partial charge in [-0.1, -0.05) is 66.2 Å². The van der Waals surface area contributed by atoms with Gasteiger partial charge in [0.2, 0.25) is 5.91 Å². The zero-order valence-electron chi connectivity index (χ0n) is 46.7. The molecule has 8 rings (SSSR count). The molecule has 12 unspecified atom stereocenters. The van der Waals surface area contributed by atoms with E-state index >= 15 is 0 Å². The van der Waals surface area contributed by atoms with Crippen LogP contribution in [-0.4, -0.2) is 96.3 Å². The molecule has 1 amide bonds. The van der Waals surface area contributed by atoms with E-state index in [1.165, 1.54) is 64.2 Å². The third-order valence-electron chi connectivity index (χ3n) is 21.2. The van der Waals surface area contributed by atoms with Gasteiger partial charge < -0.3 is 39.3 Å². The molecule has 8 aliphatic rings. The van der Waals surface area contributed by atoms with E-state index in [0.29, 0.717) is 81.0 Å². The predicted octanol–water partition coefficient (Wildman–Crippen LogP) is 11.4. The summed E-state index contributed by atoms with van der Waals surface area (Å²) in [7, 11) is 0. The quantitative estimate of drug-likeness (QED) is 0.0665. The highest BCUT2D eigenvalue weighted by Gasteiger charge is 2.46. The van der Waals surface area contributed by atoms with E-state index in [2.05, 4.69) is 38.5 Å². The van der Waals surface area contributed by atoms with Gasteiger partial charge in [-0.2, -0.15) is 5.48 Å². The van der Waals surface area contributed by atoms with Crippen molar-refractivity contribution in [2.75, 3.05) is 19.8 Å². The van der Waals surface area contributed by atoms with Gasteiger partial charge in [-0.3, -0.25) is 24.0 Å². The Hall–Kier alpha value is -2.81. The molecule has 8 aliphatic carbocycles. The molecule has 14 nitrogen and oxygen atoms in total. The van der Waals surface area contributed by atoms with E-state index in [0.717, 1.165) is 89.9 Å². The SMILES string of the molecule is CC1CC(OC2CCC(C(C)(C)C3CCC(OC4CCC(NC(=O)C5CC(C(=O)OCC6CCCCC6)CCC5C(=O)O)C(C)C4)CC3)CC2)CCC1NOCC1CC(C(=O)OCC2CCCCC2)CCC1C(=O)O. The van der Waals surface area contributed by atoms with Gasteiger partial charge in [0.05, 0.1) is 73.8 Å². The van der Waals surface area contributed by atoms with Crippen LogP contribution in [0.1, 0.15) is 220 Å². The molecule has 75 heavy (non-hydrogen) atoms. The second-order valence-electron chi connectivity index (χ2n) is 26.6. The summed E-state index contributed by atoms with van der Waals surface area (Å²) in [6, 6.07) is 0.139. The molecule has 14 heteroatoms. The summed E-state index contributed by atoms with van der Waals surface area (Å²) in [6.07, 6.45) is 29.8. The van der Waals surface area contributed by atoms with E-state index in [4.69, 9.17) is 23.8 Å². The van der Waals surface area contributed by atoms with Crippen LogP contribution in [0.25, 0.3) is 0 Å². The average Bonchev–Trinajstić information content (AvgIpc) is 3.41. The summed E-state index contributed by atoms with van der Waals surface area (Å²) >= 11 is 0. The van der Waals surface area contributed by atoms with Crippen molar-refractivity contribution in [3.63, 3.8) is 0 Å². The van der Waals surface area contributed by atoms with Crippen LogP contribution in [-0.2, 0) is 47.8 Å². The van der Waals surface area contributed by atoms with Crippen molar-refractivity contribution in [2.24, 2.45) is 76.4 Å². The van der Waals surface area contributed by atoms with Crippen LogP contribution in [0, 0.1) is 76.4 Å². The number of nitrogens with one attached hydrogen (secondary N) is 2. The van der Waals surface area contributed by atoms with Gasteiger partial charge in [0.25, 0.3) is 0 Å². The van der Waals surface area contributed by atoms with E-state index in [-0.39, 0.29) is 84.4 Å². The Morgan fingerprint density at radius 3 is 1.40 bits per heavy atom. The number of esters is 2. The molecule has 4 N–H and O–H groups in total. The Labute approximate surface area is 450 Å². The summed E-state index contributed by atoms with van der Waals surface area (Å²) in [6.45, 7) is 10.7. The first-order valence-corrected chi connectivity index (χ1v) is 30.9. The lowest BCUT2D eigenvalue weighted by Gasteiger charge is -2.47. The van der Waals surface area contributed by atoms with Crippen molar-refractivity contribution in [3.8, 4) is 0 Å². The topological polar surface area (TPSA) is 196 Å². The fourth-order valence-corrected chi connectivity index (χ4v) is 15.9. The highest BCUT2D eigenvalue weighted by molar-refractivity contribution is 5.86. The van der Waals surface area contributed by atoms with Crippen molar-refractivity contribution >= 4 is 29.8 Å². The van der Waals surface area contributed by atoms with Gasteiger partial charge in [0.15, 0.2) is 0 Å². The maximum absolute atomic E-state index is 13.8. The zero-order chi connectivity index (χ0) is 53.1. The lowest BCUT2D eigenvalue weighted by atomic mass is 9.60. The number of carbonyl (C=O) groups excluding carboxylic acids is 3. The first kappa shape index (κ1) is 58.3. The molecule has 0 aromatic carbocycles. The first-order chi connectivity index (χ1) is 36.1. The summed E-state index contributed by atoms with van der Waals surface area (Å²) < 4.78 is 25.2. The minimum Gasteiger partial charge on any atom is -0.481 e. The number of ether oxygens (including phenoxy) is 4. The molecule has 0 bridgehead atoms. The Morgan fingerprint density at radius 1 is 0.467 bits per heavy atom. The normalized spacial score (nSPS) is 37.7. The van der Waals surface area contributed by atoms with Crippen LogP contribution < -0.4 is 10.8 Å². The number of amides is 1. The Kier molecular flexibility index (Phi) is 21.7. The van der Waals surface area contributed by atoms with Crippen LogP contribution in [0.3, 0.4) is 0 Å². The molecule has 426 valence electrons. The van der Waals surface area contributed by atoms with Crippen LogP contribution in [0.5, 0.6) is 0 Å². The second-order valence-corrected chi connectivity index (χ2v) is 26.6. The lowest BCUT2D eigenvalue weighted by Crippen LogP contribution is -2.50. The second kappa shape index (κ2) is 27.9. The maximum Gasteiger partial charge on any atom is 0.308 e. The molecule has 8 saturated carbocycles. The number of hydrogen-bond acceptors (Lipinski definition) is 11. The van der Waals surface area contributed by atoms with E-state index in [1.54, 1.807) is 0 Å². The number of carbonyl (C=O) groups is 5. The third-order valence-corrected chi connectivity index (χ3v) is 21.2. The van der Waals surface area contributed by atoms with Gasteiger partial charge in [-0.15, -0.1) is 0 Å². The minimum absolute atomic E-state index is 0.0379. The number of hydrogen-bond donors (Lipinski definition) is 4. The molecule has 0 spiro atoms. The molecular weight excluding hydrogens is 953 g/mol. The first-order valence-electron chi connectivity index (χ1n) is 30.9. The average molecular weight is 1050 g/mol. The number of aliphatic carboxylic acids is 2. The van der Waals surface area contributed by atoms with Crippen LogP contribution in [0.2, 0.25) is 0 Å². The fourth-order valence-electron chi connectivity index (χ4n) is 15.9. The summed E-state index contributed by atoms with van der Waals surface area (Å²) in [4.78, 5) is 70.5. The monoisotopic (exact) mass is 1050 g/mol. The van der Waals surface area contributed by atoms with Gasteiger partial charge in [-0.25, -0.2) is 0 Å². The Bertz CT molecular complexity index is 1830. The van der Waals surface area contributed by atoms with Gasteiger partial charge >= 0.3 is 23.9 Å². The Morgan fingerprint density at radius 2 is 0.920 bits per heavy atom. The number of rotatable bonds is 20. The third kappa shape index (κ3) is 16.2. The highest BCUT2D eigenvalue weighted by Crippen LogP contribution is 2.50. The van der Waals surface area contributed by atoms with Crippen LogP contribution in [0.4, 0.5) is 0 Å². The number of hydroxylamine groups is 1. The molecule has 0 aromatic rings. The molecule has 0 saturated heterocycles. The summed E-state index contributed by atoms with van der Waals surface area (Å²) in [5.41, 5.74) is 3.57. The molecule has 0 radical (unpaired) electrons. The van der Waals surface area contributed by atoms with Crippen molar-refractivity contribution in [3.05, 3.63) is 0 Å². The van der Waals surface area contributed by atoms with Crippen molar-refractivity contribution in [1.82, 2.24) is 10.8 Å². The molecule has 8 fully saturated rings. The predicted molar refractivity (Wildman–Crippen MR) is 285 cm³/mol. The van der Waals surface area contributed by atoms with Crippen molar-refractivity contribution in [2.45, 2.75) is 257 Å². The molecular formula is C61H100N2O12. The highest BCUT2D eigenvalue weighted by atomic mass is 16.6. The summed E-state index contributed by atoms with van der Waals surface area (Å²) in [5, 5.41) is 23.3. The molecule has 12 atom stereocenters. The maximum atomic E-state index is 13.8. The van der Waals surface area contributed by atoms with E-state index < -0.39 is 35.6 Å². The van der Waals surface area contributed by atoms with Crippen LogP contribution in [0.15, 0.2) is 0 Å². The molecule has 0 aromatic heterocycles. The zero-order valence-corrected chi connectivity index (χ0v) is 46.7. The molecule has 0 aliphatic heterocycles. The van der Waals surface area contributed by atoms with Crippen molar-refractivity contribution < 1.29 is 58.0 Å². The number of carboxylic acid groups (broad SMARTS) is 2. The largest absolute Gasteiger partial charge is 0.481 e. The molecule has 0 heterocycles. The van der Waals surface area contributed by atoms with E-state index in [9.17, 15) is 34.2 Å². The Balaban J connectivity index is 0.694. The minimum atomic E-state index is -0.958. The standard InChI is InChI=1S/C61H100N2O12/c1-38-31-49(25-29-54(38)62-56(64)53-34-43(16-28-52(53)58(67)68)60(70)72-36-41-13-9-6-10-14-41)74-47-21-17-45(18-22-47)61(3,4)46-19-23-48(24-20-46)75-50-26-30-55(39(2)32-50)63-73-37-44-33-42(15-27-51(44)57(65)66)59(69)71-35-40-11-7-5-8-12-40/h38-55,63H,5-37H2,1-4H3,(H,62,64)(H,65,66)(H,67,68). The summed E-state index contributed by atoms with van der Waals surface area (Å²) in [5.74, 6) is -2.59. The fraction of sp³-hybridized carbons (Fsp3) is 0.918.